The molecule has 130 valence electrons. The summed E-state index contributed by atoms with van der Waals surface area (Å²) in [6.07, 6.45) is 5.19. The van der Waals surface area contributed by atoms with Gasteiger partial charge in [0.25, 0.3) is 0 Å². The smallest absolute Gasteiger partial charge is 0.335 e. The van der Waals surface area contributed by atoms with E-state index in [4.69, 9.17) is 22.0 Å². The number of benzene rings is 1. The number of nitrogens with zero attached hydrogens (tertiary/aromatic N) is 5. The van der Waals surface area contributed by atoms with E-state index in [-0.39, 0.29) is 5.56 Å². The lowest BCUT2D eigenvalue weighted by Crippen LogP contribution is -1.99. The third kappa shape index (κ3) is 3.96. The lowest BCUT2D eigenvalue weighted by atomic mass is 10.1. The van der Waals surface area contributed by atoms with Crippen molar-refractivity contribution in [3.05, 3.63) is 53.4 Å². The number of halogens is 1. The number of anilines is 2. The molecule has 1 aromatic carbocycles. The third-order valence-corrected chi connectivity index (χ3v) is 3.77. The van der Waals surface area contributed by atoms with Gasteiger partial charge in [-0.3, -0.25) is 4.68 Å². The molecule has 2 aromatic heterocycles. The van der Waals surface area contributed by atoms with Crippen molar-refractivity contribution in [1.82, 2.24) is 19.7 Å². The minimum absolute atomic E-state index is 0.182. The van der Waals surface area contributed by atoms with Gasteiger partial charge in [-0.05, 0) is 12.1 Å². The van der Waals surface area contributed by atoms with Crippen molar-refractivity contribution in [3.8, 4) is 17.3 Å². The normalized spacial score (nSPS) is 10.3. The van der Waals surface area contributed by atoms with Crippen LogP contribution in [0, 0.1) is 11.3 Å². The van der Waals surface area contributed by atoms with E-state index in [2.05, 4.69) is 26.5 Å². The van der Waals surface area contributed by atoms with Crippen LogP contribution in [-0.4, -0.2) is 30.8 Å². The number of nitriles is 1. The van der Waals surface area contributed by atoms with E-state index < -0.39 is 5.97 Å². The number of nitrogens with one attached hydrogen (secondary N) is 1. The molecule has 2 heterocycles. The first-order valence-corrected chi connectivity index (χ1v) is 7.97. The van der Waals surface area contributed by atoms with Crippen molar-refractivity contribution in [1.29, 1.82) is 5.26 Å². The molecule has 0 aliphatic heterocycles. The van der Waals surface area contributed by atoms with Crippen LogP contribution in [-0.2, 0) is 6.54 Å². The number of carbonyl (C=O) groups is 1. The highest BCUT2D eigenvalue weighted by Crippen LogP contribution is 2.27. The molecule has 3 aromatic rings. The number of aryl methyl sites for hydroxylation is 1. The Balaban J connectivity index is 1.82. The maximum Gasteiger partial charge on any atom is 0.335 e. The van der Waals surface area contributed by atoms with E-state index in [0.29, 0.717) is 40.9 Å². The Morgan fingerprint density at radius 2 is 2.08 bits per heavy atom. The Kier molecular flexibility index (Phi) is 5.10. The van der Waals surface area contributed by atoms with E-state index in [1.54, 1.807) is 29.2 Å². The molecule has 0 unspecified atom stereocenters. The van der Waals surface area contributed by atoms with E-state index in [1.165, 1.54) is 18.3 Å². The summed E-state index contributed by atoms with van der Waals surface area (Å²) in [6.45, 7) is 0.501. The largest absolute Gasteiger partial charge is 0.478 e. The summed E-state index contributed by atoms with van der Waals surface area (Å²) < 4.78 is 1.65. The molecule has 0 saturated heterocycles. The summed E-state index contributed by atoms with van der Waals surface area (Å²) in [5.41, 5.74) is 2.02. The minimum atomic E-state index is -0.999. The number of hydrogen-bond acceptors (Lipinski definition) is 6. The zero-order valence-corrected chi connectivity index (χ0v) is 14.2. The standard InChI is InChI=1S/C17H13ClN6O2/c18-14-9-20-17(22-13-8-21-24(10-13)7-1-6-19)23-15(14)11-2-4-12(5-3-11)16(25)26/h2-5,8-10H,1,7H2,(H,25,26)(H,20,22,23). The van der Waals surface area contributed by atoms with E-state index >= 15 is 0 Å². The summed E-state index contributed by atoms with van der Waals surface area (Å²) in [4.78, 5) is 19.5. The van der Waals surface area contributed by atoms with Gasteiger partial charge in [-0.1, -0.05) is 23.7 Å². The van der Waals surface area contributed by atoms with E-state index in [0.717, 1.165) is 0 Å². The fraction of sp³-hybridized carbons (Fsp3) is 0.118. The quantitative estimate of drug-likeness (QED) is 0.685. The zero-order valence-electron chi connectivity index (χ0n) is 13.4. The third-order valence-electron chi connectivity index (χ3n) is 3.49. The van der Waals surface area contributed by atoms with Crippen LogP contribution in [0.15, 0.2) is 42.9 Å². The second kappa shape index (κ2) is 7.63. The number of rotatable bonds is 6. The Labute approximate surface area is 153 Å². The number of carboxylic acids is 1. The predicted molar refractivity (Wildman–Crippen MR) is 95.2 cm³/mol. The molecule has 0 radical (unpaired) electrons. The second-order valence-electron chi connectivity index (χ2n) is 5.30. The lowest BCUT2D eigenvalue weighted by molar-refractivity contribution is 0.0697. The molecule has 0 spiro atoms. The summed E-state index contributed by atoms with van der Waals surface area (Å²) in [5, 5.41) is 25.1. The van der Waals surface area contributed by atoms with Gasteiger partial charge < -0.3 is 10.4 Å². The van der Waals surface area contributed by atoms with Crippen LogP contribution in [0.1, 0.15) is 16.8 Å². The summed E-state index contributed by atoms with van der Waals surface area (Å²) in [6, 6.07) is 8.32. The highest BCUT2D eigenvalue weighted by molar-refractivity contribution is 6.32. The summed E-state index contributed by atoms with van der Waals surface area (Å²) >= 11 is 6.18. The van der Waals surface area contributed by atoms with Crippen molar-refractivity contribution in [2.45, 2.75) is 13.0 Å². The van der Waals surface area contributed by atoms with Gasteiger partial charge in [0.2, 0.25) is 5.95 Å². The molecule has 0 fully saturated rings. The minimum Gasteiger partial charge on any atom is -0.478 e. The molecule has 0 bridgehead atoms. The van der Waals surface area contributed by atoms with Gasteiger partial charge in [-0.25, -0.2) is 14.8 Å². The van der Waals surface area contributed by atoms with Crippen LogP contribution < -0.4 is 5.32 Å². The first-order chi connectivity index (χ1) is 12.6. The van der Waals surface area contributed by atoms with Crippen molar-refractivity contribution in [2.24, 2.45) is 0 Å². The lowest BCUT2D eigenvalue weighted by Gasteiger charge is -2.07. The Hall–Kier alpha value is -3.44. The first kappa shape index (κ1) is 17.4. The summed E-state index contributed by atoms with van der Waals surface area (Å²) in [5.74, 6) is -0.673. The molecule has 0 aliphatic rings. The molecule has 9 heteroatoms. The van der Waals surface area contributed by atoms with Crippen molar-refractivity contribution < 1.29 is 9.90 Å². The number of carboxylic acid groups (broad SMARTS) is 1. The van der Waals surface area contributed by atoms with Crippen LogP contribution in [0.2, 0.25) is 5.02 Å². The average Bonchev–Trinajstić information content (AvgIpc) is 3.09. The van der Waals surface area contributed by atoms with Crippen LogP contribution in [0.3, 0.4) is 0 Å². The van der Waals surface area contributed by atoms with Crippen molar-refractivity contribution in [2.75, 3.05) is 5.32 Å². The molecule has 0 aliphatic carbocycles. The van der Waals surface area contributed by atoms with Crippen LogP contribution in [0.25, 0.3) is 11.3 Å². The van der Waals surface area contributed by atoms with Crippen LogP contribution >= 0.6 is 11.6 Å². The molecule has 8 nitrogen and oxygen atoms in total. The van der Waals surface area contributed by atoms with Gasteiger partial charge in [-0.2, -0.15) is 10.4 Å². The highest BCUT2D eigenvalue weighted by atomic mass is 35.5. The second-order valence-corrected chi connectivity index (χ2v) is 5.71. The first-order valence-electron chi connectivity index (χ1n) is 7.59. The Bertz CT molecular complexity index is 978. The van der Waals surface area contributed by atoms with Crippen molar-refractivity contribution >= 4 is 29.2 Å². The van der Waals surface area contributed by atoms with Crippen molar-refractivity contribution in [3.63, 3.8) is 0 Å². The fourth-order valence-corrected chi connectivity index (χ4v) is 2.44. The molecule has 0 amide bonds. The highest BCUT2D eigenvalue weighted by Gasteiger charge is 2.10. The molecular weight excluding hydrogens is 356 g/mol. The SMILES string of the molecule is N#CCCn1cc(Nc2ncc(Cl)c(-c3ccc(C(=O)O)cc3)n2)cn1. The molecule has 0 atom stereocenters. The number of aromatic nitrogens is 4. The predicted octanol–water partition coefficient (Wildman–Crippen LogP) is 3.35. The average molecular weight is 369 g/mol. The maximum absolute atomic E-state index is 11.0. The van der Waals surface area contributed by atoms with Crippen LogP contribution in [0.5, 0.6) is 0 Å². The van der Waals surface area contributed by atoms with Gasteiger partial charge in [0, 0.05) is 11.8 Å². The van der Waals surface area contributed by atoms with Gasteiger partial charge in [0.15, 0.2) is 0 Å². The number of aromatic carboxylic acids is 1. The molecule has 26 heavy (non-hydrogen) atoms. The molecule has 2 N–H and O–H groups in total. The van der Waals surface area contributed by atoms with Gasteiger partial charge >= 0.3 is 5.97 Å². The maximum atomic E-state index is 11.0. The molecule has 0 saturated carbocycles. The zero-order chi connectivity index (χ0) is 18.5. The number of hydrogen-bond donors (Lipinski definition) is 2. The van der Waals surface area contributed by atoms with E-state index in [1.807, 2.05) is 0 Å². The van der Waals surface area contributed by atoms with Crippen LogP contribution in [0.4, 0.5) is 11.6 Å². The van der Waals surface area contributed by atoms with Gasteiger partial charge in [-0.15, -0.1) is 0 Å². The monoisotopic (exact) mass is 368 g/mol. The summed E-state index contributed by atoms with van der Waals surface area (Å²) in [7, 11) is 0. The topological polar surface area (TPSA) is 117 Å². The van der Waals surface area contributed by atoms with E-state index in [9.17, 15) is 4.79 Å². The fourth-order valence-electron chi connectivity index (χ4n) is 2.24. The molecular formula is C17H13ClN6O2. The van der Waals surface area contributed by atoms with Gasteiger partial charge in [0.1, 0.15) is 0 Å². The molecule has 3 rings (SSSR count). The van der Waals surface area contributed by atoms with Gasteiger partial charge in [0.05, 0.1) is 53.4 Å². The Morgan fingerprint density at radius 1 is 1.31 bits per heavy atom. The Morgan fingerprint density at radius 3 is 2.77 bits per heavy atom.